The van der Waals surface area contributed by atoms with Gasteiger partial charge in [0.1, 0.15) is 11.4 Å². The average Bonchev–Trinajstić information content (AvgIpc) is 3.74. The molecule has 0 radical (unpaired) electrons. The van der Waals surface area contributed by atoms with Gasteiger partial charge in [0.05, 0.1) is 11.7 Å². The molecule has 4 aliphatic rings. The minimum Gasteiger partial charge on any atom is -0.341 e. The minimum absolute atomic E-state index is 0.125. The fourth-order valence-corrected chi connectivity index (χ4v) is 5.81. The van der Waals surface area contributed by atoms with Gasteiger partial charge in [-0.15, -0.1) is 0 Å². The molecular formula is C29H31N5O2. The molecule has 7 heteroatoms. The predicted molar refractivity (Wildman–Crippen MR) is 139 cm³/mol. The van der Waals surface area contributed by atoms with Gasteiger partial charge in [-0.05, 0) is 61.4 Å². The summed E-state index contributed by atoms with van der Waals surface area (Å²) in [4.78, 5) is 34.9. The molecule has 2 saturated carbocycles. The van der Waals surface area contributed by atoms with Crippen molar-refractivity contribution in [1.82, 2.24) is 19.6 Å². The van der Waals surface area contributed by atoms with Gasteiger partial charge in [-0.25, -0.2) is 0 Å². The molecule has 3 aromatic rings. The molecule has 184 valence electrons. The van der Waals surface area contributed by atoms with Crippen LogP contribution in [-0.2, 0) is 16.6 Å². The van der Waals surface area contributed by atoms with Crippen LogP contribution in [0, 0.1) is 18.3 Å². The number of benzene rings is 2. The van der Waals surface area contributed by atoms with Crippen LogP contribution in [-0.4, -0.2) is 62.4 Å². The summed E-state index contributed by atoms with van der Waals surface area (Å²) < 4.78 is 1.88. The third-order valence-electron chi connectivity index (χ3n) is 8.69. The molecule has 7 rings (SSSR count). The molecule has 0 N–H and O–H groups in total. The fourth-order valence-electron chi connectivity index (χ4n) is 5.81. The number of aryl methyl sites for hydroxylation is 2. The molecule has 7 nitrogen and oxygen atoms in total. The van der Waals surface area contributed by atoms with E-state index in [1.165, 1.54) is 0 Å². The maximum Gasteiger partial charge on any atom is 0.256 e. The lowest BCUT2D eigenvalue weighted by atomic mass is 9.95. The summed E-state index contributed by atoms with van der Waals surface area (Å²) >= 11 is 0. The van der Waals surface area contributed by atoms with Gasteiger partial charge in [0, 0.05) is 49.0 Å². The van der Waals surface area contributed by atoms with Gasteiger partial charge in [-0.3, -0.25) is 24.2 Å². The first-order valence-corrected chi connectivity index (χ1v) is 13.0. The number of hydrogen-bond acceptors (Lipinski definition) is 4. The highest BCUT2D eigenvalue weighted by atomic mass is 16.2. The SMILES string of the molecule is Cc1cc(-c2ccc3c(cnn3C)c2)ccc1C1=NC2(CC2)C(=O)N1CC1CN(C(=O)C2(C)CC2)C1. The van der Waals surface area contributed by atoms with E-state index in [1.54, 1.807) is 0 Å². The van der Waals surface area contributed by atoms with Gasteiger partial charge < -0.3 is 4.90 Å². The van der Waals surface area contributed by atoms with Crippen LogP contribution in [0.25, 0.3) is 22.0 Å². The number of likely N-dealkylation sites (tertiary alicyclic amines) is 1. The van der Waals surface area contributed by atoms with Crippen molar-refractivity contribution >= 4 is 28.6 Å². The highest BCUT2D eigenvalue weighted by Crippen LogP contribution is 2.48. The molecular weight excluding hydrogens is 450 g/mol. The summed E-state index contributed by atoms with van der Waals surface area (Å²) in [7, 11) is 1.95. The van der Waals surface area contributed by atoms with E-state index < -0.39 is 5.54 Å². The molecule has 3 fully saturated rings. The van der Waals surface area contributed by atoms with Crippen LogP contribution in [0.4, 0.5) is 0 Å². The van der Waals surface area contributed by atoms with Crippen molar-refractivity contribution in [2.45, 2.75) is 45.1 Å². The normalized spacial score (nSPS) is 21.8. The Bertz CT molecular complexity index is 1470. The first-order chi connectivity index (χ1) is 17.3. The molecule has 2 aliphatic heterocycles. The summed E-state index contributed by atoms with van der Waals surface area (Å²) in [6, 6.07) is 12.8. The van der Waals surface area contributed by atoms with Crippen molar-refractivity contribution in [3.8, 4) is 11.1 Å². The first-order valence-electron chi connectivity index (χ1n) is 13.0. The number of carbonyl (C=O) groups excluding carboxylic acids is 2. The minimum atomic E-state index is -0.535. The summed E-state index contributed by atoms with van der Waals surface area (Å²) in [5.41, 5.74) is 4.87. The monoisotopic (exact) mass is 481 g/mol. The van der Waals surface area contributed by atoms with Crippen molar-refractivity contribution in [3.63, 3.8) is 0 Å². The highest BCUT2D eigenvalue weighted by molar-refractivity contribution is 6.17. The van der Waals surface area contributed by atoms with Crippen molar-refractivity contribution in [1.29, 1.82) is 0 Å². The summed E-state index contributed by atoms with van der Waals surface area (Å²) in [6.07, 6.45) is 5.57. The largest absolute Gasteiger partial charge is 0.341 e. The number of hydrogen-bond donors (Lipinski definition) is 0. The zero-order valence-electron chi connectivity index (χ0n) is 21.1. The quantitative estimate of drug-likeness (QED) is 0.555. The molecule has 0 atom stereocenters. The first kappa shape index (κ1) is 21.8. The second-order valence-electron chi connectivity index (χ2n) is 11.6. The second-order valence-corrected chi connectivity index (χ2v) is 11.6. The number of rotatable bonds is 5. The van der Waals surface area contributed by atoms with Gasteiger partial charge in [0.15, 0.2) is 0 Å². The maximum absolute atomic E-state index is 13.4. The zero-order chi connectivity index (χ0) is 24.8. The van der Waals surface area contributed by atoms with Crippen LogP contribution < -0.4 is 0 Å². The molecule has 2 aromatic carbocycles. The van der Waals surface area contributed by atoms with Gasteiger partial charge >= 0.3 is 0 Å². The summed E-state index contributed by atoms with van der Waals surface area (Å²) in [6.45, 7) is 6.29. The molecule has 0 bridgehead atoms. The van der Waals surface area contributed by atoms with Crippen LogP contribution in [0.1, 0.15) is 43.7 Å². The number of amidine groups is 1. The molecule has 2 aliphatic carbocycles. The van der Waals surface area contributed by atoms with E-state index in [0.717, 1.165) is 77.8 Å². The van der Waals surface area contributed by atoms with Crippen LogP contribution in [0.5, 0.6) is 0 Å². The van der Waals surface area contributed by atoms with Crippen molar-refractivity contribution in [3.05, 3.63) is 53.7 Å². The lowest BCUT2D eigenvalue weighted by molar-refractivity contribution is -0.143. The van der Waals surface area contributed by atoms with E-state index in [9.17, 15) is 9.59 Å². The van der Waals surface area contributed by atoms with Crippen LogP contribution in [0.2, 0.25) is 0 Å². The van der Waals surface area contributed by atoms with Crippen LogP contribution >= 0.6 is 0 Å². The van der Waals surface area contributed by atoms with Gasteiger partial charge in [-0.2, -0.15) is 5.10 Å². The number of fused-ring (bicyclic) bond motifs is 1. The number of carbonyl (C=O) groups is 2. The Morgan fingerprint density at radius 2 is 1.78 bits per heavy atom. The lowest BCUT2D eigenvalue weighted by Gasteiger charge is -2.42. The Morgan fingerprint density at radius 3 is 2.47 bits per heavy atom. The number of amides is 2. The molecule has 1 saturated heterocycles. The van der Waals surface area contributed by atoms with Gasteiger partial charge in [0.2, 0.25) is 5.91 Å². The number of nitrogens with zero attached hydrogens (tertiary/aromatic N) is 5. The van der Waals surface area contributed by atoms with E-state index in [1.807, 2.05) is 27.7 Å². The summed E-state index contributed by atoms with van der Waals surface area (Å²) in [5, 5.41) is 5.47. The Hall–Kier alpha value is -3.48. The molecule has 3 heterocycles. The molecule has 36 heavy (non-hydrogen) atoms. The highest BCUT2D eigenvalue weighted by Gasteiger charge is 2.58. The standard InChI is InChI=1S/C29H31N5O2/c1-18-12-20(21-5-7-24-22(13-21)14-30-32(24)3)4-6-23(18)25-31-29(10-11-29)27(36)34(25)17-19-15-33(16-19)26(35)28(2)8-9-28/h4-7,12-14,19H,8-11,15-17H2,1-3H3. The van der Waals surface area contributed by atoms with Gasteiger partial charge in [0.25, 0.3) is 5.91 Å². The second kappa shape index (κ2) is 7.28. The Labute approximate surface area is 210 Å². The van der Waals surface area contributed by atoms with Gasteiger partial charge in [-0.1, -0.05) is 31.2 Å². The van der Waals surface area contributed by atoms with Crippen LogP contribution in [0.15, 0.2) is 47.6 Å². The lowest BCUT2D eigenvalue weighted by Crippen LogP contribution is -2.56. The smallest absolute Gasteiger partial charge is 0.256 e. The van der Waals surface area contributed by atoms with Crippen molar-refractivity contribution in [2.24, 2.45) is 23.4 Å². The average molecular weight is 482 g/mol. The molecule has 0 unspecified atom stereocenters. The van der Waals surface area contributed by atoms with Crippen molar-refractivity contribution < 1.29 is 9.59 Å². The van der Waals surface area contributed by atoms with E-state index in [0.29, 0.717) is 12.5 Å². The Morgan fingerprint density at radius 1 is 1.06 bits per heavy atom. The summed E-state index contributed by atoms with van der Waals surface area (Å²) in [5.74, 6) is 1.55. The predicted octanol–water partition coefficient (Wildman–Crippen LogP) is 3.93. The molecule has 1 aromatic heterocycles. The van der Waals surface area contributed by atoms with Crippen molar-refractivity contribution in [2.75, 3.05) is 19.6 Å². The number of aliphatic imine (C=N–C) groups is 1. The zero-order valence-corrected chi connectivity index (χ0v) is 21.1. The van der Waals surface area contributed by atoms with E-state index in [-0.39, 0.29) is 17.2 Å². The topological polar surface area (TPSA) is 70.8 Å². The Kier molecular flexibility index (Phi) is 4.40. The van der Waals surface area contributed by atoms with E-state index in [2.05, 4.69) is 55.3 Å². The third-order valence-corrected chi connectivity index (χ3v) is 8.69. The fraction of sp³-hybridized carbons (Fsp3) is 0.448. The molecule has 2 amide bonds. The number of aromatic nitrogens is 2. The van der Waals surface area contributed by atoms with E-state index in [4.69, 9.17) is 4.99 Å². The van der Waals surface area contributed by atoms with Crippen LogP contribution in [0.3, 0.4) is 0 Å². The maximum atomic E-state index is 13.4. The van der Waals surface area contributed by atoms with E-state index >= 15 is 0 Å². The third kappa shape index (κ3) is 3.25. The Balaban J connectivity index is 1.13. The molecule has 1 spiro atoms.